The second-order valence-corrected chi connectivity index (χ2v) is 8.07. The highest BCUT2D eigenvalue weighted by molar-refractivity contribution is 8.03. The van der Waals surface area contributed by atoms with E-state index in [1.54, 1.807) is 0 Å². The molecule has 0 aromatic carbocycles. The van der Waals surface area contributed by atoms with Crippen LogP contribution < -0.4 is 5.73 Å². The predicted octanol–water partition coefficient (Wildman–Crippen LogP) is 2.05. The molecule has 0 unspecified atom stereocenters. The van der Waals surface area contributed by atoms with E-state index in [4.69, 9.17) is 5.73 Å². The fraction of sp³-hybridized carbons (Fsp3) is 0.385. The van der Waals surface area contributed by atoms with Crippen molar-refractivity contribution < 1.29 is 9.59 Å². The zero-order valence-corrected chi connectivity index (χ0v) is 14.9. The summed E-state index contributed by atoms with van der Waals surface area (Å²) >= 11 is 3.98. The van der Waals surface area contributed by atoms with Gasteiger partial charge in [-0.1, -0.05) is 34.9 Å². The van der Waals surface area contributed by atoms with E-state index in [1.165, 1.54) is 34.9 Å². The van der Waals surface area contributed by atoms with Crippen molar-refractivity contribution in [1.29, 1.82) is 0 Å². The average Bonchev–Trinajstić information content (AvgIpc) is 3.03. The SMILES string of the molecule is Cc1cc(C(=O)CSc2nnc(SCC(N)=O)s2)c(C)n1C. The summed E-state index contributed by atoms with van der Waals surface area (Å²) in [7, 11) is 1.95. The maximum absolute atomic E-state index is 12.3. The summed E-state index contributed by atoms with van der Waals surface area (Å²) in [5.41, 5.74) is 7.87. The van der Waals surface area contributed by atoms with Gasteiger partial charge in [0.05, 0.1) is 11.5 Å². The minimum absolute atomic E-state index is 0.0766. The number of amides is 1. The third kappa shape index (κ3) is 4.11. The van der Waals surface area contributed by atoms with Crippen LogP contribution in [0.3, 0.4) is 0 Å². The van der Waals surface area contributed by atoms with Crippen molar-refractivity contribution in [1.82, 2.24) is 14.8 Å². The number of thioether (sulfide) groups is 2. The molecule has 9 heteroatoms. The maximum atomic E-state index is 12.3. The summed E-state index contributed by atoms with van der Waals surface area (Å²) in [6.45, 7) is 3.92. The van der Waals surface area contributed by atoms with Crippen molar-refractivity contribution in [3.8, 4) is 0 Å². The molecule has 0 aliphatic carbocycles. The van der Waals surface area contributed by atoms with Gasteiger partial charge < -0.3 is 10.3 Å². The van der Waals surface area contributed by atoms with Gasteiger partial charge in [-0.25, -0.2) is 0 Å². The van der Waals surface area contributed by atoms with Crippen LogP contribution in [0.5, 0.6) is 0 Å². The van der Waals surface area contributed by atoms with E-state index in [0.717, 1.165) is 17.0 Å². The largest absolute Gasteiger partial charge is 0.369 e. The highest BCUT2D eigenvalue weighted by atomic mass is 32.2. The molecular weight excluding hydrogens is 340 g/mol. The van der Waals surface area contributed by atoms with Crippen LogP contribution in [0.1, 0.15) is 21.7 Å². The number of aryl methyl sites for hydroxylation is 1. The minimum Gasteiger partial charge on any atom is -0.369 e. The number of primary amides is 1. The van der Waals surface area contributed by atoms with E-state index in [9.17, 15) is 9.59 Å². The van der Waals surface area contributed by atoms with Crippen LogP contribution in [0.2, 0.25) is 0 Å². The van der Waals surface area contributed by atoms with Gasteiger partial charge in [0.1, 0.15) is 0 Å². The number of nitrogens with two attached hydrogens (primary N) is 1. The summed E-state index contributed by atoms with van der Waals surface area (Å²) < 4.78 is 3.40. The van der Waals surface area contributed by atoms with Crippen molar-refractivity contribution in [3.05, 3.63) is 23.0 Å². The van der Waals surface area contributed by atoms with Gasteiger partial charge in [-0.3, -0.25) is 9.59 Å². The number of hydrogen-bond donors (Lipinski definition) is 1. The summed E-state index contributed by atoms with van der Waals surface area (Å²) in [6.07, 6.45) is 0. The lowest BCUT2D eigenvalue weighted by Crippen LogP contribution is -2.12. The van der Waals surface area contributed by atoms with Crippen LogP contribution in [-0.2, 0) is 11.8 Å². The van der Waals surface area contributed by atoms with Crippen molar-refractivity contribution in [2.45, 2.75) is 22.5 Å². The molecule has 0 bridgehead atoms. The van der Waals surface area contributed by atoms with Crippen LogP contribution in [0, 0.1) is 13.8 Å². The number of nitrogens with zero attached hydrogens (tertiary/aromatic N) is 3. The summed E-state index contributed by atoms with van der Waals surface area (Å²) in [6, 6.07) is 1.91. The van der Waals surface area contributed by atoms with Gasteiger partial charge in [-0.15, -0.1) is 10.2 Å². The first-order valence-electron chi connectivity index (χ1n) is 6.42. The van der Waals surface area contributed by atoms with Crippen molar-refractivity contribution in [2.75, 3.05) is 11.5 Å². The molecule has 0 radical (unpaired) electrons. The Kier molecular flexibility index (Phi) is 5.65. The monoisotopic (exact) mass is 356 g/mol. The molecule has 2 heterocycles. The van der Waals surface area contributed by atoms with Crippen LogP contribution in [0.25, 0.3) is 0 Å². The number of hydrogen-bond acceptors (Lipinski definition) is 7. The molecule has 0 atom stereocenters. The van der Waals surface area contributed by atoms with Gasteiger partial charge in [0, 0.05) is 24.0 Å². The molecule has 2 rings (SSSR count). The lowest BCUT2D eigenvalue weighted by Gasteiger charge is -2.01. The zero-order valence-electron chi connectivity index (χ0n) is 12.5. The van der Waals surface area contributed by atoms with Crippen molar-refractivity contribution >= 4 is 46.6 Å². The molecule has 0 fully saturated rings. The third-order valence-corrected chi connectivity index (χ3v) is 6.34. The lowest BCUT2D eigenvalue weighted by molar-refractivity contribution is -0.115. The van der Waals surface area contributed by atoms with Gasteiger partial charge >= 0.3 is 0 Å². The first-order chi connectivity index (χ1) is 10.4. The van der Waals surface area contributed by atoms with Crippen LogP contribution in [0.15, 0.2) is 14.7 Å². The predicted molar refractivity (Wildman–Crippen MR) is 89.8 cm³/mol. The maximum Gasteiger partial charge on any atom is 0.227 e. The van der Waals surface area contributed by atoms with Crippen LogP contribution >= 0.6 is 34.9 Å². The van der Waals surface area contributed by atoms with E-state index < -0.39 is 0 Å². The molecule has 22 heavy (non-hydrogen) atoms. The topological polar surface area (TPSA) is 90.9 Å². The van der Waals surface area contributed by atoms with Crippen molar-refractivity contribution in [2.24, 2.45) is 12.8 Å². The molecular formula is C13H16N4O2S3. The van der Waals surface area contributed by atoms with Gasteiger partial charge in [0.2, 0.25) is 5.91 Å². The number of rotatable bonds is 7. The van der Waals surface area contributed by atoms with Gasteiger partial charge in [-0.05, 0) is 19.9 Å². The third-order valence-electron chi connectivity index (χ3n) is 3.13. The van der Waals surface area contributed by atoms with E-state index in [-0.39, 0.29) is 17.4 Å². The Morgan fingerprint density at radius 2 is 1.82 bits per heavy atom. The normalized spacial score (nSPS) is 10.9. The Labute approximate surface area is 140 Å². The molecule has 6 nitrogen and oxygen atoms in total. The molecule has 0 aliphatic rings. The van der Waals surface area contributed by atoms with Crippen LogP contribution in [-0.4, -0.2) is 38.0 Å². The smallest absolute Gasteiger partial charge is 0.227 e. The molecule has 2 aromatic heterocycles. The lowest BCUT2D eigenvalue weighted by atomic mass is 10.2. The second-order valence-electron chi connectivity index (χ2n) is 4.64. The Hall–Kier alpha value is -1.32. The zero-order chi connectivity index (χ0) is 16.3. The number of aromatic nitrogens is 3. The second kappa shape index (κ2) is 7.30. The molecule has 118 valence electrons. The minimum atomic E-state index is -0.389. The highest BCUT2D eigenvalue weighted by Gasteiger charge is 2.15. The Bertz CT molecular complexity index is 708. The van der Waals surface area contributed by atoms with Gasteiger partial charge in [0.15, 0.2) is 14.5 Å². The van der Waals surface area contributed by atoms with Crippen LogP contribution in [0.4, 0.5) is 0 Å². The number of ketones is 1. The van der Waals surface area contributed by atoms with Crippen molar-refractivity contribution in [3.63, 3.8) is 0 Å². The number of carbonyl (C=O) groups excluding carboxylic acids is 2. The average molecular weight is 356 g/mol. The fourth-order valence-electron chi connectivity index (χ4n) is 1.79. The summed E-state index contributed by atoms with van der Waals surface area (Å²) in [5.74, 6) is 0.187. The molecule has 0 aliphatic heterocycles. The Balaban J connectivity index is 1.93. The number of Topliss-reactive ketones (excluding diaryl/α,β-unsaturated/α-hetero) is 1. The van der Waals surface area contributed by atoms with E-state index in [2.05, 4.69) is 10.2 Å². The summed E-state index contributed by atoms with van der Waals surface area (Å²) in [4.78, 5) is 23.0. The molecule has 2 N–H and O–H groups in total. The first kappa shape index (κ1) is 17.0. The van der Waals surface area contributed by atoms with E-state index >= 15 is 0 Å². The standard InChI is InChI=1S/C13H16N4O2S3/c1-7-4-9(8(2)17(7)3)10(18)5-20-12-15-16-13(22-12)21-6-11(14)19/h4H,5-6H2,1-3H3,(H2,14,19). The first-order valence-corrected chi connectivity index (χ1v) is 9.20. The van der Waals surface area contributed by atoms with E-state index in [0.29, 0.717) is 14.4 Å². The fourth-order valence-corrected chi connectivity index (χ4v) is 4.43. The van der Waals surface area contributed by atoms with Gasteiger partial charge in [-0.2, -0.15) is 0 Å². The summed E-state index contributed by atoms with van der Waals surface area (Å²) in [5, 5.41) is 7.97. The molecule has 1 amide bonds. The Morgan fingerprint density at radius 3 is 2.32 bits per heavy atom. The molecule has 0 saturated heterocycles. The molecule has 0 saturated carbocycles. The molecule has 0 spiro atoms. The highest BCUT2D eigenvalue weighted by Crippen LogP contribution is 2.29. The number of carbonyl (C=O) groups is 2. The quantitative estimate of drug-likeness (QED) is 0.603. The Morgan fingerprint density at radius 1 is 1.23 bits per heavy atom. The van der Waals surface area contributed by atoms with E-state index in [1.807, 2.05) is 31.5 Å². The van der Waals surface area contributed by atoms with Gasteiger partial charge in [0.25, 0.3) is 0 Å². The molecule has 2 aromatic rings.